The van der Waals surface area contributed by atoms with Crippen LogP contribution in [-0.2, 0) is 90.1 Å². The normalized spacial score (nSPS) is 12.1. The molecule has 1 unspecified atom stereocenters. The number of ether oxygens (including phenoxy) is 18. The monoisotopic (exact) mass is 907 g/mol. The molecule has 0 aromatic carbocycles. The van der Waals surface area contributed by atoms with E-state index in [1.807, 2.05) is 13.8 Å². The maximum Gasteiger partial charge on any atom is 0.308 e. The summed E-state index contributed by atoms with van der Waals surface area (Å²) < 4.78 is 98.2. The van der Waals surface area contributed by atoms with Gasteiger partial charge in [0.05, 0.1) is 224 Å². The summed E-state index contributed by atoms with van der Waals surface area (Å²) >= 11 is 0. The molecule has 1 atom stereocenters. The van der Waals surface area contributed by atoms with Crippen LogP contribution in [0.3, 0.4) is 0 Å². The Bertz CT molecular complexity index is 834. The Labute approximate surface area is 372 Å². The summed E-state index contributed by atoms with van der Waals surface area (Å²) in [6, 6.07) is 0. The van der Waals surface area contributed by atoms with Gasteiger partial charge in [0.25, 0.3) is 0 Å². The van der Waals surface area contributed by atoms with Crippen LogP contribution >= 0.6 is 0 Å². The Morgan fingerprint density at radius 1 is 0.274 bits per heavy atom. The number of unbranched alkanes of at least 4 members (excludes halogenated alkanes) is 1. The van der Waals surface area contributed by atoms with E-state index in [2.05, 4.69) is 6.92 Å². The summed E-state index contributed by atoms with van der Waals surface area (Å²) in [5, 5.41) is 0. The third-order valence-electron chi connectivity index (χ3n) is 8.08. The molecule has 0 aromatic rings. The zero-order valence-electron chi connectivity index (χ0n) is 38.7. The summed E-state index contributed by atoms with van der Waals surface area (Å²) in [7, 11) is 0. The second-order valence-corrected chi connectivity index (χ2v) is 13.2. The standard InChI is InChI=1S/C43H86O19/c1-4-6-7-45-8-9-46-10-11-47-12-13-48-14-15-49-16-17-50-18-19-51-20-21-52-22-23-53-24-25-54-26-27-55-28-29-56-30-31-57-32-33-58-34-35-59-36-37-60-38-39-61-40-41-62-43(44)42(3)5-2/h42H,4-41H2,1-3H3. The Kier molecular flexibility index (Phi) is 54.8. The SMILES string of the molecule is CCCCOCCOCCOCCOCCOCCOCCOCCOCCOCCOCCOCCOCCOCCOCCOCCOCCOCCOC(=O)C(C)CC. The number of hydrogen-bond donors (Lipinski definition) is 0. The van der Waals surface area contributed by atoms with Crippen molar-refractivity contribution in [3.8, 4) is 0 Å². The van der Waals surface area contributed by atoms with E-state index in [1.165, 1.54) is 0 Å². The van der Waals surface area contributed by atoms with Crippen LogP contribution in [0.15, 0.2) is 0 Å². The summed E-state index contributed by atoms with van der Waals surface area (Å²) in [5.41, 5.74) is 0. The molecule has 19 nitrogen and oxygen atoms in total. The third-order valence-corrected chi connectivity index (χ3v) is 8.08. The first kappa shape index (κ1) is 60.8. The molecule has 0 fully saturated rings. The van der Waals surface area contributed by atoms with E-state index in [4.69, 9.17) is 85.3 Å². The molecule has 0 bridgehead atoms. The number of carbonyl (C=O) groups is 1. The van der Waals surface area contributed by atoms with Crippen molar-refractivity contribution in [1.82, 2.24) is 0 Å². The van der Waals surface area contributed by atoms with Crippen molar-refractivity contribution < 1.29 is 90.1 Å². The number of esters is 1. The van der Waals surface area contributed by atoms with Crippen LogP contribution < -0.4 is 0 Å². The Morgan fingerprint density at radius 2 is 0.435 bits per heavy atom. The molecule has 372 valence electrons. The number of rotatable bonds is 56. The summed E-state index contributed by atoms with van der Waals surface area (Å²) in [5.74, 6) is -0.266. The largest absolute Gasteiger partial charge is 0.463 e. The molecule has 0 saturated carbocycles. The molecule has 0 aliphatic rings. The maximum absolute atomic E-state index is 11.5. The average molecular weight is 907 g/mol. The summed E-state index contributed by atoms with van der Waals surface area (Å²) in [4.78, 5) is 11.5. The predicted molar refractivity (Wildman–Crippen MR) is 229 cm³/mol. The first-order valence-electron chi connectivity index (χ1n) is 22.7. The smallest absolute Gasteiger partial charge is 0.308 e. The van der Waals surface area contributed by atoms with Crippen LogP contribution in [0.4, 0.5) is 0 Å². The molecule has 62 heavy (non-hydrogen) atoms. The van der Waals surface area contributed by atoms with E-state index >= 15 is 0 Å². The van der Waals surface area contributed by atoms with E-state index < -0.39 is 0 Å². The van der Waals surface area contributed by atoms with Gasteiger partial charge in [-0.25, -0.2) is 0 Å². The molecule has 0 saturated heterocycles. The highest BCUT2D eigenvalue weighted by atomic mass is 16.6. The Balaban J connectivity index is 3.08. The van der Waals surface area contributed by atoms with Crippen LogP contribution in [0.1, 0.15) is 40.0 Å². The molecule has 0 aromatic heterocycles. The molecule has 0 rings (SSSR count). The number of hydrogen-bond acceptors (Lipinski definition) is 19. The molecule has 0 N–H and O–H groups in total. The Hall–Kier alpha value is -1.21. The maximum atomic E-state index is 11.5. The third kappa shape index (κ3) is 53.1. The lowest BCUT2D eigenvalue weighted by atomic mass is 10.1. The predicted octanol–water partition coefficient (Wildman–Crippen LogP) is 2.66. The van der Waals surface area contributed by atoms with Crippen LogP contribution in [0.25, 0.3) is 0 Å². The minimum absolute atomic E-state index is 0.0787. The van der Waals surface area contributed by atoms with Gasteiger partial charge in [-0.15, -0.1) is 0 Å². The molecule has 0 spiro atoms. The minimum atomic E-state index is -0.187. The first-order chi connectivity index (χ1) is 30.7. The van der Waals surface area contributed by atoms with Gasteiger partial charge in [-0.1, -0.05) is 27.2 Å². The fraction of sp³-hybridized carbons (Fsp3) is 0.977. The molecule has 0 amide bonds. The van der Waals surface area contributed by atoms with Crippen molar-refractivity contribution in [3.63, 3.8) is 0 Å². The molecule has 0 heterocycles. The van der Waals surface area contributed by atoms with E-state index in [1.54, 1.807) is 0 Å². The van der Waals surface area contributed by atoms with Gasteiger partial charge in [-0.05, 0) is 12.8 Å². The molecule has 0 radical (unpaired) electrons. The van der Waals surface area contributed by atoms with Gasteiger partial charge >= 0.3 is 5.97 Å². The quantitative estimate of drug-likeness (QED) is 0.0641. The van der Waals surface area contributed by atoms with Crippen molar-refractivity contribution in [3.05, 3.63) is 0 Å². The van der Waals surface area contributed by atoms with Crippen molar-refractivity contribution in [2.45, 2.75) is 40.0 Å². The van der Waals surface area contributed by atoms with Gasteiger partial charge < -0.3 is 85.3 Å². The van der Waals surface area contributed by atoms with Gasteiger partial charge in [0.15, 0.2) is 0 Å². The highest BCUT2D eigenvalue weighted by Crippen LogP contribution is 2.02. The van der Waals surface area contributed by atoms with Crippen LogP contribution in [0, 0.1) is 5.92 Å². The van der Waals surface area contributed by atoms with E-state index in [-0.39, 0.29) is 18.5 Å². The van der Waals surface area contributed by atoms with Gasteiger partial charge in [0, 0.05) is 6.61 Å². The lowest BCUT2D eigenvalue weighted by Gasteiger charge is -2.10. The van der Waals surface area contributed by atoms with Gasteiger partial charge in [0.1, 0.15) is 6.61 Å². The lowest BCUT2D eigenvalue weighted by Crippen LogP contribution is -2.18. The molecule has 19 heteroatoms. The molecule has 0 aliphatic carbocycles. The first-order valence-corrected chi connectivity index (χ1v) is 22.7. The highest BCUT2D eigenvalue weighted by molar-refractivity contribution is 5.71. The fourth-order valence-electron chi connectivity index (χ4n) is 4.38. The number of carbonyl (C=O) groups excluding carboxylic acids is 1. The van der Waals surface area contributed by atoms with Gasteiger partial charge in [-0.3, -0.25) is 4.79 Å². The summed E-state index contributed by atoms with van der Waals surface area (Å²) in [6.07, 6.45) is 3.00. The molecule has 0 aliphatic heterocycles. The zero-order valence-corrected chi connectivity index (χ0v) is 38.7. The molecular formula is C43H86O19. The van der Waals surface area contributed by atoms with Crippen molar-refractivity contribution in [2.24, 2.45) is 5.92 Å². The second kappa shape index (κ2) is 55.9. The van der Waals surface area contributed by atoms with Crippen molar-refractivity contribution in [1.29, 1.82) is 0 Å². The van der Waals surface area contributed by atoms with Crippen LogP contribution in [0.2, 0.25) is 0 Å². The zero-order chi connectivity index (χ0) is 44.8. The second-order valence-electron chi connectivity index (χ2n) is 13.2. The van der Waals surface area contributed by atoms with Crippen LogP contribution in [0.5, 0.6) is 0 Å². The van der Waals surface area contributed by atoms with E-state index in [0.717, 1.165) is 25.9 Å². The van der Waals surface area contributed by atoms with Crippen LogP contribution in [-0.4, -0.2) is 237 Å². The highest BCUT2D eigenvalue weighted by Gasteiger charge is 2.11. The minimum Gasteiger partial charge on any atom is -0.463 e. The van der Waals surface area contributed by atoms with Gasteiger partial charge in [-0.2, -0.15) is 0 Å². The Morgan fingerprint density at radius 3 is 0.597 bits per heavy atom. The van der Waals surface area contributed by atoms with Crippen molar-refractivity contribution >= 4 is 5.97 Å². The fourth-order valence-corrected chi connectivity index (χ4v) is 4.38. The average Bonchev–Trinajstić information content (AvgIpc) is 3.28. The van der Waals surface area contributed by atoms with E-state index in [0.29, 0.717) is 218 Å². The summed E-state index contributed by atoms with van der Waals surface area (Å²) in [6.45, 7) is 23.5. The van der Waals surface area contributed by atoms with Crippen molar-refractivity contribution in [2.75, 3.05) is 231 Å². The van der Waals surface area contributed by atoms with E-state index in [9.17, 15) is 4.79 Å². The molecular weight excluding hydrogens is 820 g/mol. The topological polar surface area (TPSA) is 183 Å². The lowest BCUT2D eigenvalue weighted by molar-refractivity contribution is -0.149. The van der Waals surface area contributed by atoms with Gasteiger partial charge in [0.2, 0.25) is 0 Å².